The molecule has 2 saturated heterocycles. The highest BCUT2D eigenvalue weighted by Gasteiger charge is 2.39. The van der Waals surface area contributed by atoms with Gasteiger partial charge in [0.25, 0.3) is 0 Å². The molecule has 1 spiro atoms. The Morgan fingerprint density at radius 1 is 0.909 bits per heavy atom. The van der Waals surface area contributed by atoms with Gasteiger partial charge in [-0.25, -0.2) is 9.97 Å². The average Bonchev–Trinajstić information content (AvgIpc) is 3.03. The number of piperidine rings is 2. The molecule has 3 aliphatic rings. The summed E-state index contributed by atoms with van der Waals surface area (Å²) < 4.78 is 6.34. The maximum absolute atomic E-state index is 13.7. The standard InChI is InChI=1S/C36H48N6O2/c1-28-25-29(2)39-35(38-28)42-19-13-31(14-20-42)34(43)41-21-16-36(17-22-41)15-7-5-10-30-9-3-4-12-33(30)44-24-23-40(27-36)26-32-11-6-8-18-37-32/h3-4,6,8-9,11-12,18,25,31H,5,7,10,13-17,19-24,26-27H2,1-2H3. The first-order valence-electron chi connectivity index (χ1n) is 16.7. The minimum atomic E-state index is 0.0976. The number of benzene rings is 1. The molecule has 3 aromatic rings. The number of para-hydroxylation sites is 1. The van der Waals surface area contributed by atoms with E-state index in [-0.39, 0.29) is 11.3 Å². The van der Waals surface area contributed by atoms with Crippen LogP contribution in [-0.4, -0.2) is 76.5 Å². The van der Waals surface area contributed by atoms with Crippen LogP contribution in [0.5, 0.6) is 5.75 Å². The Labute approximate surface area is 262 Å². The van der Waals surface area contributed by atoms with E-state index in [0.717, 1.165) is 113 Å². The summed E-state index contributed by atoms with van der Waals surface area (Å²) in [7, 11) is 0. The summed E-state index contributed by atoms with van der Waals surface area (Å²) in [6.07, 6.45) is 10.4. The molecule has 0 N–H and O–H groups in total. The molecule has 8 nitrogen and oxygen atoms in total. The van der Waals surface area contributed by atoms with Gasteiger partial charge in [-0.2, -0.15) is 0 Å². The molecule has 0 saturated carbocycles. The van der Waals surface area contributed by atoms with Crippen molar-refractivity contribution in [2.24, 2.45) is 11.3 Å². The molecule has 8 heteroatoms. The monoisotopic (exact) mass is 596 g/mol. The van der Waals surface area contributed by atoms with E-state index in [1.54, 1.807) is 0 Å². The summed E-state index contributed by atoms with van der Waals surface area (Å²) in [5.74, 6) is 2.28. The van der Waals surface area contributed by atoms with Gasteiger partial charge in [-0.05, 0) is 94.0 Å². The lowest BCUT2D eigenvalue weighted by atomic mass is 9.73. The van der Waals surface area contributed by atoms with Crippen molar-refractivity contribution >= 4 is 11.9 Å². The Hall–Kier alpha value is -3.52. The third kappa shape index (κ3) is 7.57. The number of nitrogens with zero attached hydrogens (tertiary/aromatic N) is 6. The van der Waals surface area contributed by atoms with Crippen LogP contribution < -0.4 is 9.64 Å². The average molecular weight is 597 g/mol. The van der Waals surface area contributed by atoms with Crippen molar-refractivity contribution in [2.45, 2.75) is 71.8 Å². The number of likely N-dealkylation sites (tertiary alicyclic amines) is 1. The lowest BCUT2D eigenvalue weighted by Gasteiger charge is -2.46. The van der Waals surface area contributed by atoms with Crippen LogP contribution in [0.15, 0.2) is 54.7 Å². The molecule has 1 aromatic carbocycles. The molecule has 6 rings (SSSR count). The molecule has 0 radical (unpaired) electrons. The number of aryl methyl sites for hydroxylation is 3. The molecule has 0 aliphatic carbocycles. The largest absolute Gasteiger partial charge is 0.492 e. The van der Waals surface area contributed by atoms with Crippen LogP contribution in [0.3, 0.4) is 0 Å². The first kappa shape index (κ1) is 30.5. The molecule has 0 bridgehead atoms. The Morgan fingerprint density at radius 3 is 2.41 bits per heavy atom. The number of aromatic nitrogens is 3. The molecule has 2 fully saturated rings. The summed E-state index contributed by atoms with van der Waals surface area (Å²) >= 11 is 0. The highest BCUT2D eigenvalue weighted by molar-refractivity contribution is 5.79. The van der Waals surface area contributed by atoms with Gasteiger partial charge in [0.05, 0.1) is 5.69 Å². The maximum atomic E-state index is 13.7. The van der Waals surface area contributed by atoms with Gasteiger partial charge in [0.15, 0.2) is 0 Å². The van der Waals surface area contributed by atoms with Gasteiger partial charge in [-0.15, -0.1) is 0 Å². The van der Waals surface area contributed by atoms with Crippen LogP contribution in [-0.2, 0) is 17.8 Å². The minimum absolute atomic E-state index is 0.0976. The number of anilines is 1. The van der Waals surface area contributed by atoms with Gasteiger partial charge >= 0.3 is 0 Å². The fourth-order valence-electron chi connectivity index (χ4n) is 7.48. The SMILES string of the molecule is Cc1cc(C)nc(N2CCC(C(=O)N3CCC4(CCCCc5ccccc5OCCN(Cc5ccccn5)C4)CC3)CC2)n1. The molecule has 3 aliphatic heterocycles. The number of ether oxygens (including phenoxy) is 1. The third-order valence-electron chi connectivity index (χ3n) is 9.94. The summed E-state index contributed by atoms with van der Waals surface area (Å²) in [6.45, 7) is 10.8. The van der Waals surface area contributed by atoms with Gasteiger partial charge in [0, 0.05) is 69.3 Å². The topological polar surface area (TPSA) is 74.7 Å². The van der Waals surface area contributed by atoms with E-state index in [9.17, 15) is 4.79 Å². The second kappa shape index (κ2) is 14.1. The number of rotatable bonds is 4. The zero-order valence-corrected chi connectivity index (χ0v) is 26.6. The molecular formula is C36H48N6O2. The molecule has 234 valence electrons. The van der Waals surface area contributed by atoms with Crippen LogP contribution in [0.4, 0.5) is 5.95 Å². The number of amides is 1. The van der Waals surface area contributed by atoms with Crippen molar-refractivity contribution in [1.29, 1.82) is 0 Å². The van der Waals surface area contributed by atoms with Crippen molar-refractivity contribution in [2.75, 3.05) is 50.8 Å². The predicted octanol–water partition coefficient (Wildman–Crippen LogP) is 5.62. The lowest BCUT2D eigenvalue weighted by Crippen LogP contribution is -2.51. The summed E-state index contributed by atoms with van der Waals surface area (Å²) in [5, 5.41) is 0. The molecule has 1 amide bonds. The van der Waals surface area contributed by atoms with E-state index in [0.29, 0.717) is 12.5 Å². The summed E-state index contributed by atoms with van der Waals surface area (Å²) in [6, 6.07) is 16.7. The molecule has 0 atom stereocenters. The smallest absolute Gasteiger partial charge is 0.225 e. The van der Waals surface area contributed by atoms with Crippen LogP contribution in [0.25, 0.3) is 0 Å². The van der Waals surface area contributed by atoms with E-state index in [1.807, 2.05) is 32.2 Å². The Bertz CT molecular complexity index is 1360. The van der Waals surface area contributed by atoms with Crippen molar-refractivity contribution < 1.29 is 9.53 Å². The van der Waals surface area contributed by atoms with Gasteiger partial charge in [-0.3, -0.25) is 14.7 Å². The molecule has 0 unspecified atom stereocenters. The number of carbonyl (C=O) groups excluding carboxylic acids is 1. The molecule has 5 heterocycles. The Kier molecular flexibility index (Phi) is 9.75. The van der Waals surface area contributed by atoms with Crippen LogP contribution in [0.2, 0.25) is 0 Å². The Balaban J connectivity index is 1.10. The van der Waals surface area contributed by atoms with Gasteiger partial charge in [0.1, 0.15) is 12.4 Å². The number of fused-ring (bicyclic) bond motifs is 1. The van der Waals surface area contributed by atoms with Gasteiger partial charge < -0.3 is 14.5 Å². The molecule has 44 heavy (non-hydrogen) atoms. The van der Waals surface area contributed by atoms with Crippen LogP contribution in [0, 0.1) is 25.2 Å². The second-order valence-corrected chi connectivity index (χ2v) is 13.2. The van der Waals surface area contributed by atoms with E-state index < -0.39 is 0 Å². The number of hydrogen-bond donors (Lipinski definition) is 0. The van der Waals surface area contributed by atoms with Crippen LogP contribution in [0.1, 0.15) is 67.6 Å². The first-order chi connectivity index (χ1) is 21.5. The highest BCUT2D eigenvalue weighted by atomic mass is 16.5. The second-order valence-electron chi connectivity index (χ2n) is 13.2. The first-order valence-corrected chi connectivity index (χ1v) is 16.7. The van der Waals surface area contributed by atoms with E-state index in [2.05, 4.69) is 66.0 Å². The fraction of sp³-hybridized carbons (Fsp3) is 0.556. The predicted molar refractivity (Wildman–Crippen MR) is 174 cm³/mol. The number of pyridine rings is 1. The van der Waals surface area contributed by atoms with Crippen molar-refractivity contribution in [1.82, 2.24) is 24.8 Å². The summed E-state index contributed by atoms with van der Waals surface area (Å²) in [4.78, 5) is 34.7. The number of carbonyl (C=O) groups is 1. The van der Waals surface area contributed by atoms with Crippen molar-refractivity contribution in [3.8, 4) is 5.75 Å². The third-order valence-corrected chi connectivity index (χ3v) is 9.94. The van der Waals surface area contributed by atoms with Crippen molar-refractivity contribution in [3.63, 3.8) is 0 Å². The Morgan fingerprint density at radius 2 is 1.66 bits per heavy atom. The normalized spacial score (nSPS) is 20.3. The summed E-state index contributed by atoms with van der Waals surface area (Å²) in [5.41, 5.74) is 4.61. The minimum Gasteiger partial charge on any atom is -0.492 e. The van der Waals surface area contributed by atoms with E-state index in [1.165, 1.54) is 18.4 Å². The zero-order valence-electron chi connectivity index (χ0n) is 26.6. The zero-order chi connectivity index (χ0) is 30.4. The van der Waals surface area contributed by atoms with Gasteiger partial charge in [0.2, 0.25) is 11.9 Å². The van der Waals surface area contributed by atoms with Crippen LogP contribution >= 0.6 is 0 Å². The maximum Gasteiger partial charge on any atom is 0.225 e. The molecular weight excluding hydrogens is 548 g/mol. The van der Waals surface area contributed by atoms with E-state index in [4.69, 9.17) is 4.74 Å². The molecule has 2 aromatic heterocycles. The lowest BCUT2D eigenvalue weighted by molar-refractivity contribution is -0.139. The van der Waals surface area contributed by atoms with Gasteiger partial charge in [-0.1, -0.05) is 30.7 Å². The number of hydrogen-bond acceptors (Lipinski definition) is 7. The van der Waals surface area contributed by atoms with E-state index >= 15 is 0 Å². The fourth-order valence-corrected chi connectivity index (χ4v) is 7.48. The highest BCUT2D eigenvalue weighted by Crippen LogP contribution is 2.39. The van der Waals surface area contributed by atoms with Crippen molar-refractivity contribution in [3.05, 3.63) is 77.4 Å². The quantitative estimate of drug-likeness (QED) is 0.387.